The zero-order valence-electron chi connectivity index (χ0n) is 35.4. The summed E-state index contributed by atoms with van der Waals surface area (Å²) in [6.07, 6.45) is 0. The van der Waals surface area contributed by atoms with Crippen LogP contribution in [-0.4, -0.2) is 24.1 Å². The van der Waals surface area contributed by atoms with Crippen molar-refractivity contribution in [3.63, 3.8) is 0 Å². The van der Waals surface area contributed by atoms with E-state index in [1.54, 1.807) is 0 Å². The lowest BCUT2D eigenvalue weighted by molar-refractivity contribution is 1.06. The van der Waals surface area contributed by atoms with Crippen molar-refractivity contribution in [2.24, 2.45) is 0 Å². The number of rotatable bonds is 7. The third-order valence-electron chi connectivity index (χ3n) is 12.6. The van der Waals surface area contributed by atoms with E-state index in [4.69, 9.17) is 15.0 Å². The molecule has 64 heavy (non-hydrogen) atoms. The number of hydrogen-bond donors (Lipinski definition) is 0. The van der Waals surface area contributed by atoms with Gasteiger partial charge in [0.1, 0.15) is 0 Å². The fourth-order valence-corrected chi connectivity index (χ4v) is 9.84. The van der Waals surface area contributed by atoms with Crippen LogP contribution in [0, 0.1) is 13.8 Å². The normalized spacial score (nSPS) is 11.6. The van der Waals surface area contributed by atoms with E-state index in [0.29, 0.717) is 17.5 Å². The van der Waals surface area contributed by atoms with Gasteiger partial charge < -0.3 is 9.13 Å². The fourth-order valence-electron chi connectivity index (χ4n) is 9.84. The Morgan fingerprint density at radius 1 is 0.297 bits per heavy atom. The number of benzene rings is 9. The minimum Gasteiger partial charge on any atom is -0.308 e. The molecule has 0 spiro atoms. The zero-order valence-corrected chi connectivity index (χ0v) is 35.4. The van der Waals surface area contributed by atoms with Crippen molar-refractivity contribution < 1.29 is 0 Å². The first-order chi connectivity index (χ1) is 31.6. The molecule has 0 saturated heterocycles. The molecule has 0 atom stereocenters. The van der Waals surface area contributed by atoms with Gasteiger partial charge in [0.2, 0.25) is 0 Å². The van der Waals surface area contributed by atoms with E-state index in [1.807, 2.05) is 18.2 Å². The molecule has 0 radical (unpaired) electrons. The second-order valence-electron chi connectivity index (χ2n) is 16.5. The summed E-state index contributed by atoms with van der Waals surface area (Å²) in [5.41, 5.74) is 15.9. The van der Waals surface area contributed by atoms with E-state index in [2.05, 4.69) is 217 Å². The Kier molecular flexibility index (Phi) is 8.87. The quantitative estimate of drug-likeness (QED) is 0.161. The van der Waals surface area contributed by atoms with Gasteiger partial charge in [-0.3, -0.25) is 0 Å². The molecule has 3 aromatic heterocycles. The van der Waals surface area contributed by atoms with Crippen LogP contribution in [0.2, 0.25) is 0 Å². The maximum atomic E-state index is 5.73. The first-order valence-corrected chi connectivity index (χ1v) is 21.8. The number of aromatic nitrogens is 5. The van der Waals surface area contributed by atoms with E-state index in [1.165, 1.54) is 32.7 Å². The predicted molar refractivity (Wildman–Crippen MR) is 265 cm³/mol. The van der Waals surface area contributed by atoms with Crippen LogP contribution in [0.5, 0.6) is 0 Å². The first kappa shape index (κ1) is 37.4. The highest BCUT2D eigenvalue weighted by molar-refractivity contribution is 6.12. The Hall–Kier alpha value is -8.41. The van der Waals surface area contributed by atoms with Gasteiger partial charge in [0.05, 0.1) is 44.6 Å². The second-order valence-corrected chi connectivity index (χ2v) is 16.5. The van der Waals surface area contributed by atoms with Crippen LogP contribution in [0.1, 0.15) is 11.1 Å². The van der Waals surface area contributed by atoms with Gasteiger partial charge in [-0.15, -0.1) is 0 Å². The molecule has 0 aliphatic rings. The Bertz CT molecular complexity index is 3510. The molecule has 12 aromatic rings. The van der Waals surface area contributed by atoms with Gasteiger partial charge in [0.15, 0.2) is 17.5 Å². The average molecular weight is 820 g/mol. The lowest BCUT2D eigenvalue weighted by Gasteiger charge is -2.21. The standard InChI is InChI=1S/C59H41N5/c1-38-20-16-32-47-45-28-12-14-34-49(45)63(55(38)47)51-36-18-30-43(40-22-6-3-7-23-40)53(51)58-60-57(42-26-10-5-11-27-42)61-59(62-58)54-44(41-24-8-4-9-25-41)31-19-37-52(54)64-50-35-15-13-29-46(50)48-33-17-21-39(2)56(48)64/h3-37H,1-2H3. The molecule has 0 fully saturated rings. The van der Waals surface area contributed by atoms with Crippen molar-refractivity contribution in [1.82, 2.24) is 24.1 Å². The van der Waals surface area contributed by atoms with Crippen LogP contribution in [0.15, 0.2) is 212 Å². The summed E-state index contributed by atoms with van der Waals surface area (Å²) in [5.74, 6) is 1.77. The lowest BCUT2D eigenvalue weighted by atomic mass is 9.95. The number of nitrogens with zero attached hydrogens (tertiary/aromatic N) is 5. The first-order valence-electron chi connectivity index (χ1n) is 21.8. The van der Waals surface area contributed by atoms with Gasteiger partial charge >= 0.3 is 0 Å². The third kappa shape index (κ3) is 5.97. The fraction of sp³-hybridized carbons (Fsp3) is 0.0339. The molecule has 9 aromatic carbocycles. The van der Waals surface area contributed by atoms with Crippen molar-refractivity contribution in [2.45, 2.75) is 13.8 Å². The summed E-state index contributed by atoms with van der Waals surface area (Å²) < 4.78 is 4.83. The third-order valence-corrected chi connectivity index (χ3v) is 12.6. The van der Waals surface area contributed by atoms with Crippen molar-refractivity contribution in [3.8, 4) is 67.8 Å². The topological polar surface area (TPSA) is 48.5 Å². The van der Waals surface area contributed by atoms with Crippen LogP contribution >= 0.6 is 0 Å². The summed E-state index contributed by atoms with van der Waals surface area (Å²) in [7, 11) is 0. The summed E-state index contributed by atoms with van der Waals surface area (Å²) >= 11 is 0. The Balaban J connectivity index is 1.24. The molecule has 302 valence electrons. The Labute approximate surface area is 371 Å². The molecule has 0 aliphatic heterocycles. The maximum absolute atomic E-state index is 5.73. The van der Waals surface area contributed by atoms with E-state index in [-0.39, 0.29) is 0 Å². The number of fused-ring (bicyclic) bond motifs is 6. The second kappa shape index (κ2) is 15.2. The van der Waals surface area contributed by atoms with E-state index >= 15 is 0 Å². The highest BCUT2D eigenvalue weighted by Gasteiger charge is 2.26. The molecule has 0 unspecified atom stereocenters. The molecule has 5 heteroatoms. The SMILES string of the molecule is Cc1cccc2c3ccccc3n(-c3cccc(-c4ccccc4)c3-c3nc(-c4ccccc4)nc(-c4c(-c5ccccc5)cccc4-n4c5ccccc5c5cccc(C)c54)n3)c12. The minimum absolute atomic E-state index is 0.588. The monoisotopic (exact) mass is 819 g/mol. The molecule has 12 rings (SSSR count). The molecule has 0 saturated carbocycles. The Morgan fingerprint density at radius 3 is 1.11 bits per heavy atom. The molecule has 5 nitrogen and oxygen atoms in total. The van der Waals surface area contributed by atoms with Crippen LogP contribution in [0.4, 0.5) is 0 Å². The van der Waals surface area contributed by atoms with Crippen molar-refractivity contribution in [3.05, 3.63) is 223 Å². The maximum Gasteiger partial charge on any atom is 0.166 e. The zero-order chi connectivity index (χ0) is 42.7. The van der Waals surface area contributed by atoms with Crippen molar-refractivity contribution in [1.29, 1.82) is 0 Å². The molecular weight excluding hydrogens is 779 g/mol. The molecule has 0 aliphatic carbocycles. The van der Waals surface area contributed by atoms with Crippen LogP contribution in [-0.2, 0) is 0 Å². The highest BCUT2D eigenvalue weighted by Crippen LogP contribution is 2.44. The summed E-state index contributed by atoms with van der Waals surface area (Å²) in [6.45, 7) is 4.40. The van der Waals surface area contributed by atoms with Gasteiger partial charge in [-0.05, 0) is 71.5 Å². The van der Waals surface area contributed by atoms with Gasteiger partial charge in [-0.25, -0.2) is 15.0 Å². The van der Waals surface area contributed by atoms with Crippen LogP contribution in [0.3, 0.4) is 0 Å². The van der Waals surface area contributed by atoms with Crippen LogP contribution in [0.25, 0.3) is 111 Å². The van der Waals surface area contributed by atoms with E-state index in [9.17, 15) is 0 Å². The molecule has 0 amide bonds. The summed E-state index contributed by atoms with van der Waals surface area (Å²) in [5, 5.41) is 4.80. The van der Waals surface area contributed by atoms with Gasteiger partial charge in [-0.1, -0.05) is 188 Å². The van der Waals surface area contributed by atoms with Gasteiger partial charge in [0.25, 0.3) is 0 Å². The summed E-state index contributed by atoms with van der Waals surface area (Å²) in [6, 6.07) is 75.2. The molecule has 0 N–H and O–H groups in total. The van der Waals surface area contributed by atoms with Crippen molar-refractivity contribution in [2.75, 3.05) is 0 Å². The largest absolute Gasteiger partial charge is 0.308 e. The van der Waals surface area contributed by atoms with E-state index in [0.717, 1.165) is 72.4 Å². The molecule has 3 heterocycles. The number of para-hydroxylation sites is 4. The molecular formula is C59H41N5. The smallest absolute Gasteiger partial charge is 0.166 e. The predicted octanol–water partition coefficient (Wildman–Crippen LogP) is 15.0. The van der Waals surface area contributed by atoms with Crippen molar-refractivity contribution >= 4 is 43.6 Å². The lowest BCUT2D eigenvalue weighted by Crippen LogP contribution is -2.07. The average Bonchev–Trinajstić information content (AvgIpc) is 3.89. The number of aryl methyl sites for hydroxylation is 2. The van der Waals surface area contributed by atoms with Gasteiger partial charge in [-0.2, -0.15) is 0 Å². The molecule has 0 bridgehead atoms. The van der Waals surface area contributed by atoms with Gasteiger partial charge in [0, 0.05) is 27.1 Å². The summed E-state index contributed by atoms with van der Waals surface area (Å²) in [4.78, 5) is 16.7. The van der Waals surface area contributed by atoms with Crippen LogP contribution < -0.4 is 0 Å². The Morgan fingerprint density at radius 2 is 0.656 bits per heavy atom. The minimum atomic E-state index is 0.588. The highest BCUT2D eigenvalue weighted by atomic mass is 15.1. The number of hydrogen-bond acceptors (Lipinski definition) is 3. The van der Waals surface area contributed by atoms with E-state index < -0.39 is 0 Å².